The molecule has 2 N–H and O–H groups in total. The average molecular weight is 385 g/mol. The molecule has 0 amide bonds. The zero-order valence-corrected chi connectivity index (χ0v) is 17.0. The van der Waals surface area contributed by atoms with Crippen LogP contribution in [0.25, 0.3) is 0 Å². The number of thiocarbonyl (C=S) groups is 1. The van der Waals surface area contributed by atoms with Crippen LogP contribution < -0.4 is 10.6 Å². The van der Waals surface area contributed by atoms with Crippen LogP contribution in [0.15, 0.2) is 60.7 Å². The first-order chi connectivity index (χ1) is 12.8. The van der Waals surface area contributed by atoms with E-state index in [4.69, 9.17) is 17.0 Å². The van der Waals surface area contributed by atoms with Gasteiger partial charge < -0.3 is 15.4 Å². The van der Waals surface area contributed by atoms with Crippen LogP contribution in [0.3, 0.4) is 0 Å². The van der Waals surface area contributed by atoms with E-state index in [0.29, 0.717) is 24.5 Å². The van der Waals surface area contributed by atoms with E-state index in [1.165, 1.54) is 0 Å². The normalized spacial score (nSPS) is 11.1. The molecule has 0 aliphatic rings. The molecule has 2 rings (SSSR count). The van der Waals surface area contributed by atoms with E-state index in [1.807, 2.05) is 57.2 Å². The molecule has 0 aliphatic carbocycles. The molecule has 27 heavy (non-hydrogen) atoms. The van der Waals surface area contributed by atoms with Crippen molar-refractivity contribution in [2.75, 3.05) is 6.54 Å². The molecule has 0 bridgehead atoms. The van der Waals surface area contributed by atoms with Gasteiger partial charge in [-0.15, -0.1) is 0 Å². The molecule has 0 fully saturated rings. The van der Waals surface area contributed by atoms with Crippen LogP contribution in [0.5, 0.6) is 0 Å². The molecule has 144 valence electrons. The minimum absolute atomic E-state index is 0.0294. The maximum atomic E-state index is 11.8. The largest absolute Gasteiger partial charge is 0.460 e. The number of rotatable bonds is 7. The second-order valence-corrected chi connectivity index (χ2v) is 7.75. The van der Waals surface area contributed by atoms with Crippen molar-refractivity contribution < 1.29 is 9.53 Å². The molecule has 0 saturated heterocycles. The first-order valence-corrected chi connectivity index (χ1v) is 9.62. The Morgan fingerprint density at radius 1 is 1.00 bits per heavy atom. The Kier molecular flexibility index (Phi) is 7.80. The smallest absolute Gasteiger partial charge is 0.306 e. The van der Waals surface area contributed by atoms with Crippen LogP contribution in [-0.4, -0.2) is 23.2 Å². The maximum Gasteiger partial charge on any atom is 0.306 e. The lowest BCUT2D eigenvalue weighted by Gasteiger charge is -2.22. The van der Waals surface area contributed by atoms with E-state index in [9.17, 15) is 4.79 Å². The highest BCUT2D eigenvalue weighted by Gasteiger charge is 2.16. The summed E-state index contributed by atoms with van der Waals surface area (Å²) in [5.41, 5.74) is 1.84. The summed E-state index contributed by atoms with van der Waals surface area (Å²) < 4.78 is 5.31. The quantitative estimate of drug-likeness (QED) is 0.422. The van der Waals surface area contributed by atoms with Gasteiger partial charge >= 0.3 is 5.97 Å². The summed E-state index contributed by atoms with van der Waals surface area (Å²) in [4.78, 5) is 11.8. The van der Waals surface area contributed by atoms with E-state index < -0.39 is 5.60 Å². The molecule has 2 aromatic rings. The zero-order chi connectivity index (χ0) is 19.7. The lowest BCUT2D eigenvalue weighted by Crippen LogP contribution is -2.38. The Hall–Kier alpha value is -2.40. The molecule has 5 heteroatoms. The van der Waals surface area contributed by atoms with Crippen molar-refractivity contribution in [2.45, 2.75) is 45.3 Å². The monoisotopic (exact) mass is 384 g/mol. The van der Waals surface area contributed by atoms with Gasteiger partial charge in [0.1, 0.15) is 5.60 Å². The third-order valence-electron chi connectivity index (χ3n) is 3.80. The molecule has 4 nitrogen and oxygen atoms in total. The van der Waals surface area contributed by atoms with Crippen molar-refractivity contribution in [2.24, 2.45) is 0 Å². The highest BCUT2D eigenvalue weighted by molar-refractivity contribution is 7.80. The zero-order valence-electron chi connectivity index (χ0n) is 16.2. The predicted octanol–water partition coefficient (Wildman–Crippen LogP) is 4.36. The SMILES string of the molecule is CC(C)(C)OC(=O)CCCNC(=S)NC(c1ccccc1)c1ccccc1. The van der Waals surface area contributed by atoms with Gasteiger partial charge in [0.25, 0.3) is 0 Å². The Labute approximate surface area is 167 Å². The fourth-order valence-corrected chi connectivity index (χ4v) is 2.88. The van der Waals surface area contributed by atoms with E-state index >= 15 is 0 Å². The van der Waals surface area contributed by atoms with E-state index in [1.54, 1.807) is 0 Å². The molecule has 0 heterocycles. The number of carbonyl (C=O) groups is 1. The lowest BCUT2D eigenvalue weighted by atomic mass is 9.99. The third kappa shape index (κ3) is 7.79. The summed E-state index contributed by atoms with van der Waals surface area (Å²) in [5, 5.41) is 7.13. The van der Waals surface area contributed by atoms with Crippen LogP contribution in [0.1, 0.15) is 50.8 Å². The van der Waals surface area contributed by atoms with Crippen LogP contribution in [0.4, 0.5) is 0 Å². The van der Waals surface area contributed by atoms with Crippen LogP contribution >= 0.6 is 12.2 Å². The Morgan fingerprint density at radius 2 is 1.52 bits per heavy atom. The molecular formula is C22H28N2O2S. The van der Waals surface area contributed by atoms with Crippen LogP contribution in [0, 0.1) is 0 Å². The number of carbonyl (C=O) groups excluding carboxylic acids is 1. The first kappa shape index (κ1) is 20.9. The summed E-state index contributed by atoms with van der Waals surface area (Å²) in [6.45, 7) is 6.22. The van der Waals surface area contributed by atoms with Gasteiger partial charge in [-0.2, -0.15) is 0 Å². The highest BCUT2D eigenvalue weighted by Crippen LogP contribution is 2.21. The first-order valence-electron chi connectivity index (χ1n) is 9.21. The molecule has 0 atom stereocenters. The van der Waals surface area contributed by atoms with Gasteiger partial charge in [0.05, 0.1) is 6.04 Å². The summed E-state index contributed by atoms with van der Waals surface area (Å²) in [6.07, 6.45) is 1.03. The molecular weight excluding hydrogens is 356 g/mol. The van der Waals surface area contributed by atoms with E-state index in [-0.39, 0.29) is 12.0 Å². The van der Waals surface area contributed by atoms with Crippen molar-refractivity contribution in [3.8, 4) is 0 Å². The fourth-order valence-electron chi connectivity index (χ4n) is 2.66. The maximum absolute atomic E-state index is 11.8. The summed E-state index contributed by atoms with van der Waals surface area (Å²) in [7, 11) is 0. The topological polar surface area (TPSA) is 50.4 Å². The number of ether oxygens (including phenoxy) is 1. The van der Waals surface area contributed by atoms with Crippen molar-refractivity contribution >= 4 is 23.3 Å². The molecule has 0 spiro atoms. The second-order valence-electron chi connectivity index (χ2n) is 7.34. The number of benzene rings is 2. The molecule has 0 aromatic heterocycles. The minimum Gasteiger partial charge on any atom is -0.460 e. The molecule has 2 aromatic carbocycles. The molecule has 0 radical (unpaired) electrons. The number of hydrogen-bond acceptors (Lipinski definition) is 3. The van der Waals surface area contributed by atoms with Crippen molar-refractivity contribution in [3.63, 3.8) is 0 Å². The minimum atomic E-state index is -0.444. The molecule has 0 aliphatic heterocycles. The standard InChI is InChI=1S/C22H28N2O2S/c1-22(2,3)26-19(25)15-10-16-23-21(27)24-20(17-11-6-4-7-12-17)18-13-8-5-9-14-18/h4-9,11-14,20H,10,15-16H2,1-3H3,(H2,23,24,27). The third-order valence-corrected chi connectivity index (χ3v) is 4.07. The average Bonchev–Trinajstić information content (AvgIpc) is 2.63. The van der Waals surface area contributed by atoms with Gasteiger partial charge in [-0.25, -0.2) is 0 Å². The number of nitrogens with one attached hydrogen (secondary N) is 2. The van der Waals surface area contributed by atoms with Crippen molar-refractivity contribution in [1.29, 1.82) is 0 Å². The lowest BCUT2D eigenvalue weighted by molar-refractivity contribution is -0.154. The Morgan fingerprint density at radius 3 is 2.00 bits per heavy atom. The Balaban J connectivity index is 1.87. The highest BCUT2D eigenvalue weighted by atomic mass is 32.1. The van der Waals surface area contributed by atoms with Crippen LogP contribution in [0.2, 0.25) is 0 Å². The predicted molar refractivity (Wildman–Crippen MR) is 114 cm³/mol. The van der Waals surface area contributed by atoms with Crippen molar-refractivity contribution in [1.82, 2.24) is 10.6 Å². The van der Waals surface area contributed by atoms with Gasteiger partial charge in [0.2, 0.25) is 0 Å². The number of hydrogen-bond donors (Lipinski definition) is 2. The van der Waals surface area contributed by atoms with Crippen molar-refractivity contribution in [3.05, 3.63) is 71.8 Å². The number of esters is 1. The van der Waals surface area contributed by atoms with Gasteiger partial charge in [0, 0.05) is 13.0 Å². The Bertz CT molecular complexity index is 687. The van der Waals surface area contributed by atoms with E-state index in [2.05, 4.69) is 34.9 Å². The molecule has 0 unspecified atom stereocenters. The summed E-state index contributed by atoms with van der Waals surface area (Å²) in [5.74, 6) is -0.186. The van der Waals surface area contributed by atoms with Crippen LogP contribution in [-0.2, 0) is 9.53 Å². The van der Waals surface area contributed by atoms with E-state index in [0.717, 1.165) is 11.1 Å². The summed E-state index contributed by atoms with van der Waals surface area (Å²) >= 11 is 5.46. The summed E-state index contributed by atoms with van der Waals surface area (Å²) in [6, 6.07) is 20.4. The molecule has 0 saturated carbocycles. The van der Waals surface area contributed by atoms with Gasteiger partial charge in [0.15, 0.2) is 5.11 Å². The van der Waals surface area contributed by atoms with Gasteiger partial charge in [-0.1, -0.05) is 60.7 Å². The second kappa shape index (κ2) is 10.1. The van der Waals surface area contributed by atoms with Gasteiger partial charge in [-0.05, 0) is 50.5 Å². The fraction of sp³-hybridized carbons (Fsp3) is 0.364. The van der Waals surface area contributed by atoms with Gasteiger partial charge in [-0.3, -0.25) is 4.79 Å².